The summed E-state index contributed by atoms with van der Waals surface area (Å²) in [5.74, 6) is -0.745. The first-order chi connectivity index (χ1) is 14.5. The molecule has 0 rings (SSSR count). The van der Waals surface area contributed by atoms with Gasteiger partial charge < -0.3 is 15.6 Å². The van der Waals surface area contributed by atoms with Gasteiger partial charge in [0, 0.05) is 6.42 Å². The van der Waals surface area contributed by atoms with Crippen molar-refractivity contribution in [3.63, 3.8) is 0 Å². The molecule has 0 aromatic heterocycles. The molecule has 0 fully saturated rings. The molecule has 0 bridgehead atoms. The topological polar surface area (TPSA) is 72.5 Å². The van der Waals surface area contributed by atoms with Crippen LogP contribution in [0.3, 0.4) is 0 Å². The number of carbonyl (C=O) groups is 1. The van der Waals surface area contributed by atoms with Gasteiger partial charge in [0.05, 0.1) is 6.10 Å². The van der Waals surface area contributed by atoms with Gasteiger partial charge in [-0.1, -0.05) is 124 Å². The molecule has 0 aliphatic rings. The molecule has 182 valence electrons. The molecule has 0 radical (unpaired) electrons. The van der Waals surface area contributed by atoms with Gasteiger partial charge in [0.1, 0.15) is 6.23 Å². The van der Waals surface area contributed by atoms with Crippen LogP contribution in [-0.4, -0.2) is 23.4 Å². The van der Waals surface area contributed by atoms with Crippen molar-refractivity contribution < 1.29 is 14.6 Å². The van der Waals surface area contributed by atoms with Crippen LogP contribution in [0.25, 0.3) is 0 Å². The molecule has 0 heterocycles. The van der Waals surface area contributed by atoms with Crippen molar-refractivity contribution >= 4 is 5.97 Å². The SMILES string of the molecule is CCC(=O)O.CCCCCCCCCCC(CCCCCCCCCC)OC(C)N. The molecule has 0 aromatic rings. The van der Waals surface area contributed by atoms with Gasteiger partial charge in [0.2, 0.25) is 0 Å². The lowest BCUT2D eigenvalue weighted by Crippen LogP contribution is -2.26. The number of carboxylic acid groups (broad SMARTS) is 1. The largest absolute Gasteiger partial charge is 0.481 e. The predicted octanol–water partition coefficient (Wildman–Crippen LogP) is 8.22. The zero-order valence-electron chi connectivity index (χ0n) is 20.9. The third-order valence-corrected chi connectivity index (χ3v) is 5.47. The summed E-state index contributed by atoms with van der Waals surface area (Å²) < 4.78 is 5.95. The van der Waals surface area contributed by atoms with E-state index in [2.05, 4.69) is 13.8 Å². The van der Waals surface area contributed by atoms with E-state index in [0.29, 0.717) is 6.10 Å². The van der Waals surface area contributed by atoms with Crippen LogP contribution in [0.15, 0.2) is 0 Å². The highest BCUT2D eigenvalue weighted by Crippen LogP contribution is 2.18. The van der Waals surface area contributed by atoms with Gasteiger partial charge in [0.15, 0.2) is 0 Å². The Balaban J connectivity index is 0. The van der Waals surface area contributed by atoms with Crippen LogP contribution in [-0.2, 0) is 9.53 Å². The Kier molecular flexibility index (Phi) is 27.8. The van der Waals surface area contributed by atoms with Crippen molar-refractivity contribution in [3.8, 4) is 0 Å². The summed E-state index contributed by atoms with van der Waals surface area (Å²) in [6.45, 7) is 8.13. The van der Waals surface area contributed by atoms with E-state index in [0.717, 1.165) is 0 Å². The van der Waals surface area contributed by atoms with Gasteiger partial charge >= 0.3 is 5.97 Å². The summed E-state index contributed by atoms with van der Waals surface area (Å²) in [6.07, 6.45) is 25.0. The fourth-order valence-corrected chi connectivity index (χ4v) is 3.60. The predicted molar refractivity (Wildman–Crippen MR) is 131 cm³/mol. The molecule has 4 heteroatoms. The van der Waals surface area contributed by atoms with Crippen molar-refractivity contribution in [1.82, 2.24) is 0 Å². The molecule has 0 saturated heterocycles. The van der Waals surface area contributed by atoms with E-state index >= 15 is 0 Å². The van der Waals surface area contributed by atoms with E-state index in [1.165, 1.54) is 116 Å². The highest BCUT2D eigenvalue weighted by molar-refractivity contribution is 5.66. The van der Waals surface area contributed by atoms with Gasteiger partial charge in [-0.25, -0.2) is 0 Å². The van der Waals surface area contributed by atoms with E-state index in [-0.39, 0.29) is 12.6 Å². The number of hydrogen-bond donors (Lipinski definition) is 2. The molecular formula is C26H55NO3. The monoisotopic (exact) mass is 429 g/mol. The zero-order chi connectivity index (χ0) is 22.9. The molecule has 0 saturated carbocycles. The second-order valence-corrected chi connectivity index (χ2v) is 8.74. The second-order valence-electron chi connectivity index (χ2n) is 8.74. The van der Waals surface area contributed by atoms with Crippen LogP contribution in [0.2, 0.25) is 0 Å². The first kappa shape index (κ1) is 31.6. The van der Waals surface area contributed by atoms with Gasteiger partial charge in [-0.3, -0.25) is 4.79 Å². The highest BCUT2D eigenvalue weighted by atomic mass is 16.5. The van der Waals surface area contributed by atoms with Gasteiger partial charge in [-0.2, -0.15) is 0 Å². The van der Waals surface area contributed by atoms with Crippen LogP contribution in [0.1, 0.15) is 150 Å². The summed E-state index contributed by atoms with van der Waals surface area (Å²) in [5, 5.41) is 7.72. The Bertz CT molecular complexity index is 314. The quantitative estimate of drug-likeness (QED) is 0.142. The van der Waals surface area contributed by atoms with Crippen molar-refractivity contribution in [2.75, 3.05) is 0 Å². The number of rotatable bonds is 21. The molecule has 0 spiro atoms. The average Bonchev–Trinajstić information content (AvgIpc) is 2.71. The Morgan fingerprint density at radius 1 is 0.700 bits per heavy atom. The Morgan fingerprint density at radius 2 is 1.00 bits per heavy atom. The fraction of sp³-hybridized carbons (Fsp3) is 0.962. The molecule has 0 aromatic carbocycles. The number of hydrogen-bond acceptors (Lipinski definition) is 3. The third-order valence-electron chi connectivity index (χ3n) is 5.47. The minimum absolute atomic E-state index is 0.118. The fourth-order valence-electron chi connectivity index (χ4n) is 3.60. The minimum atomic E-state index is -0.745. The Hall–Kier alpha value is -0.610. The maximum Gasteiger partial charge on any atom is 0.303 e. The van der Waals surface area contributed by atoms with Crippen LogP contribution in [0, 0.1) is 0 Å². The molecule has 0 amide bonds. The maximum atomic E-state index is 9.37. The summed E-state index contributed by atoms with van der Waals surface area (Å²) >= 11 is 0. The molecule has 3 N–H and O–H groups in total. The van der Waals surface area contributed by atoms with Crippen LogP contribution in [0.5, 0.6) is 0 Å². The van der Waals surface area contributed by atoms with Crippen LogP contribution in [0.4, 0.5) is 0 Å². The van der Waals surface area contributed by atoms with E-state index in [4.69, 9.17) is 15.6 Å². The minimum Gasteiger partial charge on any atom is -0.481 e. The van der Waals surface area contributed by atoms with Gasteiger partial charge in [-0.15, -0.1) is 0 Å². The summed E-state index contributed by atoms with van der Waals surface area (Å²) in [4.78, 5) is 9.37. The number of unbranched alkanes of at least 4 members (excludes halogenated alkanes) is 14. The summed E-state index contributed by atoms with van der Waals surface area (Å²) in [6, 6.07) is 0. The number of aliphatic carboxylic acids is 1. The molecule has 1 atom stereocenters. The first-order valence-corrected chi connectivity index (χ1v) is 13.1. The van der Waals surface area contributed by atoms with Crippen molar-refractivity contribution in [2.45, 2.75) is 162 Å². The molecule has 4 nitrogen and oxygen atoms in total. The van der Waals surface area contributed by atoms with Crippen molar-refractivity contribution in [1.29, 1.82) is 0 Å². The van der Waals surface area contributed by atoms with Gasteiger partial charge in [-0.05, 0) is 19.8 Å². The standard InChI is InChI=1S/C23H49NO.C3H6O2/c1-4-6-8-10-12-14-16-18-20-23(25-22(3)24)21-19-17-15-13-11-9-7-5-2;1-2-3(4)5/h22-23H,4-21,24H2,1-3H3;2H2,1H3,(H,4,5). The lowest BCUT2D eigenvalue weighted by molar-refractivity contribution is -0.136. The molecule has 0 aliphatic carbocycles. The second kappa shape index (κ2) is 26.4. The smallest absolute Gasteiger partial charge is 0.303 e. The zero-order valence-corrected chi connectivity index (χ0v) is 20.9. The van der Waals surface area contributed by atoms with Crippen LogP contribution < -0.4 is 5.73 Å². The average molecular weight is 430 g/mol. The first-order valence-electron chi connectivity index (χ1n) is 13.1. The highest BCUT2D eigenvalue weighted by Gasteiger charge is 2.11. The molecule has 0 aliphatic heterocycles. The van der Waals surface area contributed by atoms with E-state index in [1.807, 2.05) is 6.92 Å². The van der Waals surface area contributed by atoms with Crippen molar-refractivity contribution in [2.24, 2.45) is 5.73 Å². The lowest BCUT2D eigenvalue weighted by atomic mass is 10.0. The number of ether oxygens (including phenoxy) is 1. The van der Waals surface area contributed by atoms with Gasteiger partial charge in [0.25, 0.3) is 0 Å². The maximum absolute atomic E-state index is 9.37. The normalized spacial score (nSPS) is 11.9. The molecule has 30 heavy (non-hydrogen) atoms. The number of carboxylic acids is 1. The van der Waals surface area contributed by atoms with E-state index in [9.17, 15) is 4.79 Å². The Labute approximate surface area is 188 Å². The van der Waals surface area contributed by atoms with Crippen LogP contribution >= 0.6 is 0 Å². The van der Waals surface area contributed by atoms with E-state index in [1.54, 1.807) is 6.92 Å². The molecule has 1 unspecified atom stereocenters. The Morgan fingerprint density at radius 3 is 1.27 bits per heavy atom. The molecular weight excluding hydrogens is 374 g/mol. The summed E-state index contributed by atoms with van der Waals surface area (Å²) in [7, 11) is 0. The third kappa shape index (κ3) is 29.6. The van der Waals surface area contributed by atoms with E-state index < -0.39 is 5.97 Å². The lowest BCUT2D eigenvalue weighted by Gasteiger charge is -2.20. The summed E-state index contributed by atoms with van der Waals surface area (Å²) in [5.41, 5.74) is 5.87. The van der Waals surface area contributed by atoms with Crippen molar-refractivity contribution in [3.05, 3.63) is 0 Å². The number of nitrogens with two attached hydrogens (primary N) is 1.